The lowest BCUT2D eigenvalue weighted by Gasteiger charge is -2.37. The van der Waals surface area contributed by atoms with E-state index in [0.717, 1.165) is 0 Å². The van der Waals surface area contributed by atoms with Gasteiger partial charge in [0.25, 0.3) is 0 Å². The Bertz CT molecular complexity index is 553. The zero-order valence-electron chi connectivity index (χ0n) is 10.4. The molecule has 0 aliphatic carbocycles. The standard InChI is InChI=1S/C12H14ClO4P/c1-4-16-18(15)12(2,3)10-7-8(13)5-6-9(10)11(14)17-18/h5-7H,4H2,1-3H3. The summed E-state index contributed by atoms with van der Waals surface area (Å²) >= 11 is 5.94. The largest absolute Gasteiger partial charge is 0.391 e. The first-order valence-corrected chi connectivity index (χ1v) is 7.52. The maximum atomic E-state index is 12.7. The SMILES string of the molecule is CCOP1(=O)OC(=O)c2ccc(Cl)cc2C1(C)C. The first kappa shape index (κ1) is 13.6. The third-order valence-corrected chi connectivity index (χ3v) is 5.90. The predicted octanol–water partition coefficient (Wildman–Crippen LogP) is 3.98. The van der Waals surface area contributed by atoms with E-state index >= 15 is 0 Å². The first-order valence-electron chi connectivity index (χ1n) is 5.60. The minimum absolute atomic E-state index is 0.212. The van der Waals surface area contributed by atoms with E-state index in [1.54, 1.807) is 39.0 Å². The first-order chi connectivity index (χ1) is 8.32. The van der Waals surface area contributed by atoms with Gasteiger partial charge in [-0.3, -0.25) is 4.52 Å². The molecule has 0 bridgehead atoms. The number of halogens is 1. The van der Waals surface area contributed by atoms with Crippen LogP contribution >= 0.6 is 19.2 Å². The molecule has 0 radical (unpaired) electrons. The quantitative estimate of drug-likeness (QED) is 0.773. The number of carbonyl (C=O) groups excluding carboxylic acids is 1. The fraction of sp³-hybridized carbons (Fsp3) is 0.417. The molecule has 0 amide bonds. The zero-order chi connectivity index (χ0) is 13.6. The van der Waals surface area contributed by atoms with Crippen molar-refractivity contribution in [2.45, 2.75) is 25.9 Å². The summed E-state index contributed by atoms with van der Waals surface area (Å²) in [5, 5.41) is -0.420. The molecule has 18 heavy (non-hydrogen) atoms. The molecule has 6 heteroatoms. The summed E-state index contributed by atoms with van der Waals surface area (Å²) in [5.41, 5.74) is 0.985. The molecular weight excluding hydrogens is 275 g/mol. The summed E-state index contributed by atoms with van der Waals surface area (Å²) in [6.45, 7) is 5.37. The van der Waals surface area contributed by atoms with Crippen LogP contribution in [0.25, 0.3) is 0 Å². The molecule has 4 nitrogen and oxygen atoms in total. The van der Waals surface area contributed by atoms with Crippen molar-refractivity contribution in [1.29, 1.82) is 0 Å². The van der Waals surface area contributed by atoms with Gasteiger partial charge in [-0.15, -0.1) is 0 Å². The van der Waals surface area contributed by atoms with E-state index in [-0.39, 0.29) is 6.61 Å². The van der Waals surface area contributed by atoms with Crippen molar-refractivity contribution in [2.24, 2.45) is 0 Å². The van der Waals surface area contributed by atoms with Crippen molar-refractivity contribution in [1.82, 2.24) is 0 Å². The minimum atomic E-state index is -3.53. The molecule has 1 aromatic rings. The average molecular weight is 289 g/mol. The number of rotatable bonds is 2. The topological polar surface area (TPSA) is 52.6 Å². The van der Waals surface area contributed by atoms with E-state index < -0.39 is 18.7 Å². The lowest BCUT2D eigenvalue weighted by molar-refractivity contribution is 0.0665. The third-order valence-electron chi connectivity index (χ3n) is 3.05. The molecule has 2 rings (SSSR count). The molecule has 1 atom stereocenters. The number of hydrogen-bond donors (Lipinski definition) is 0. The van der Waals surface area contributed by atoms with E-state index in [1.165, 1.54) is 0 Å². The van der Waals surface area contributed by atoms with Gasteiger partial charge in [-0.2, -0.15) is 0 Å². The fourth-order valence-corrected chi connectivity index (χ4v) is 3.89. The fourth-order valence-electron chi connectivity index (χ4n) is 1.98. The molecule has 1 unspecified atom stereocenters. The highest BCUT2D eigenvalue weighted by Crippen LogP contribution is 2.67. The third kappa shape index (κ3) is 1.89. The summed E-state index contributed by atoms with van der Waals surface area (Å²) in [5.74, 6) is -0.627. The normalized spacial score (nSPS) is 25.4. The minimum Gasteiger partial charge on any atom is -0.387 e. The van der Waals surface area contributed by atoms with E-state index in [2.05, 4.69) is 0 Å². The van der Waals surface area contributed by atoms with Gasteiger partial charge in [0.1, 0.15) is 5.16 Å². The maximum Gasteiger partial charge on any atom is 0.391 e. The van der Waals surface area contributed by atoms with Crippen molar-refractivity contribution in [2.75, 3.05) is 6.61 Å². The zero-order valence-corrected chi connectivity index (χ0v) is 12.0. The second-order valence-electron chi connectivity index (χ2n) is 4.54. The van der Waals surface area contributed by atoms with Crippen molar-refractivity contribution in [3.8, 4) is 0 Å². The second kappa shape index (κ2) is 4.37. The Hall–Kier alpha value is -0.830. The lowest BCUT2D eigenvalue weighted by Crippen LogP contribution is -2.30. The molecule has 98 valence electrons. The van der Waals surface area contributed by atoms with Gasteiger partial charge < -0.3 is 4.52 Å². The van der Waals surface area contributed by atoms with Crippen LogP contribution in [0.1, 0.15) is 36.7 Å². The monoisotopic (exact) mass is 288 g/mol. The van der Waals surface area contributed by atoms with E-state index in [4.69, 9.17) is 20.6 Å². The molecule has 0 fully saturated rings. The van der Waals surface area contributed by atoms with Gasteiger partial charge in [0, 0.05) is 5.02 Å². The summed E-state index contributed by atoms with van der Waals surface area (Å²) in [6, 6.07) is 4.83. The van der Waals surface area contributed by atoms with Crippen LogP contribution in [-0.2, 0) is 18.8 Å². The van der Waals surface area contributed by atoms with E-state index in [0.29, 0.717) is 16.1 Å². The number of hydrogen-bond acceptors (Lipinski definition) is 4. The van der Waals surface area contributed by atoms with Crippen LogP contribution < -0.4 is 0 Å². The van der Waals surface area contributed by atoms with Crippen molar-refractivity contribution in [3.63, 3.8) is 0 Å². The van der Waals surface area contributed by atoms with Crippen LogP contribution in [0.2, 0.25) is 5.02 Å². The smallest absolute Gasteiger partial charge is 0.387 e. The van der Waals surface area contributed by atoms with Crippen molar-refractivity contribution in [3.05, 3.63) is 34.3 Å². The van der Waals surface area contributed by atoms with Gasteiger partial charge in [-0.05, 0) is 44.5 Å². The Balaban J connectivity index is 2.66. The highest BCUT2D eigenvalue weighted by Gasteiger charge is 2.52. The molecule has 1 heterocycles. The van der Waals surface area contributed by atoms with Gasteiger partial charge in [0.2, 0.25) is 0 Å². The molecule has 1 aromatic carbocycles. The predicted molar refractivity (Wildman–Crippen MR) is 69.1 cm³/mol. The van der Waals surface area contributed by atoms with Gasteiger partial charge in [0.15, 0.2) is 0 Å². The molecule has 0 spiro atoms. The second-order valence-corrected chi connectivity index (χ2v) is 7.53. The van der Waals surface area contributed by atoms with Crippen LogP contribution in [0.3, 0.4) is 0 Å². The summed E-state index contributed by atoms with van der Waals surface area (Å²) < 4.78 is 22.9. The highest BCUT2D eigenvalue weighted by molar-refractivity contribution is 7.55. The Morgan fingerprint density at radius 3 is 2.72 bits per heavy atom. The number of carbonyl (C=O) groups is 1. The van der Waals surface area contributed by atoms with E-state index in [1.807, 2.05) is 0 Å². The van der Waals surface area contributed by atoms with Gasteiger partial charge in [-0.1, -0.05) is 11.6 Å². The number of fused-ring (bicyclic) bond motifs is 1. The summed E-state index contributed by atoms with van der Waals surface area (Å²) in [6.07, 6.45) is 0. The van der Waals surface area contributed by atoms with E-state index in [9.17, 15) is 9.36 Å². The Morgan fingerprint density at radius 1 is 1.44 bits per heavy atom. The van der Waals surface area contributed by atoms with Crippen LogP contribution in [0, 0.1) is 0 Å². The molecular formula is C12H14ClO4P. The summed E-state index contributed by atoms with van der Waals surface area (Å²) in [4.78, 5) is 11.9. The molecule has 1 aliphatic rings. The summed E-state index contributed by atoms with van der Waals surface area (Å²) in [7, 11) is -3.53. The Morgan fingerprint density at radius 2 is 2.11 bits per heavy atom. The highest BCUT2D eigenvalue weighted by atomic mass is 35.5. The maximum absolute atomic E-state index is 12.7. The van der Waals surface area contributed by atoms with Crippen LogP contribution in [0.5, 0.6) is 0 Å². The lowest BCUT2D eigenvalue weighted by atomic mass is 9.96. The Kier molecular flexibility index (Phi) is 3.30. The van der Waals surface area contributed by atoms with Crippen LogP contribution in [-0.4, -0.2) is 12.6 Å². The van der Waals surface area contributed by atoms with Gasteiger partial charge >= 0.3 is 13.6 Å². The molecule has 0 N–H and O–H groups in total. The molecule has 1 aliphatic heterocycles. The number of benzene rings is 1. The van der Waals surface area contributed by atoms with Crippen LogP contribution in [0.15, 0.2) is 18.2 Å². The molecule has 0 saturated carbocycles. The molecule has 0 aromatic heterocycles. The van der Waals surface area contributed by atoms with Gasteiger partial charge in [0.05, 0.1) is 12.2 Å². The van der Waals surface area contributed by atoms with Crippen LogP contribution in [0.4, 0.5) is 0 Å². The average Bonchev–Trinajstić information content (AvgIpc) is 2.27. The van der Waals surface area contributed by atoms with Crippen molar-refractivity contribution < 1.29 is 18.4 Å². The Labute approximate surface area is 111 Å². The van der Waals surface area contributed by atoms with Gasteiger partial charge in [-0.25, -0.2) is 9.36 Å². The van der Waals surface area contributed by atoms with Crippen molar-refractivity contribution >= 4 is 25.2 Å². The molecule has 0 saturated heterocycles.